The van der Waals surface area contributed by atoms with E-state index in [1.165, 1.54) is 0 Å². The first-order chi connectivity index (χ1) is 8.06. The molecule has 1 atom stereocenters. The fraction of sp³-hybridized carbons (Fsp3) is 0.333. The summed E-state index contributed by atoms with van der Waals surface area (Å²) >= 11 is 3.16. The Morgan fingerprint density at radius 3 is 2.65 bits per heavy atom. The summed E-state index contributed by atoms with van der Waals surface area (Å²) in [4.78, 5) is 22.8. The molecule has 5 heteroatoms. The maximum Gasteiger partial charge on any atom is 0.340 e. The van der Waals surface area contributed by atoms with Gasteiger partial charge in [0.25, 0.3) is 0 Å². The van der Waals surface area contributed by atoms with Crippen molar-refractivity contribution >= 4 is 33.5 Å². The Balaban J connectivity index is 2.92. The minimum atomic E-state index is -0.439. The summed E-state index contributed by atoms with van der Waals surface area (Å²) in [5.74, 6) is -0.646. The lowest BCUT2D eigenvalue weighted by Gasteiger charge is -2.11. The molecule has 0 aliphatic rings. The molecule has 0 saturated heterocycles. The van der Waals surface area contributed by atoms with E-state index in [0.29, 0.717) is 17.9 Å². The van der Waals surface area contributed by atoms with Crippen molar-refractivity contribution < 1.29 is 14.3 Å². The Bertz CT molecular complexity index is 418. The predicted molar refractivity (Wildman–Crippen MR) is 69.4 cm³/mol. The summed E-state index contributed by atoms with van der Waals surface area (Å²) in [7, 11) is 0. The number of hydrogen-bond donors (Lipinski definition) is 1. The Kier molecular flexibility index (Phi) is 5.15. The molecular weight excluding hydrogens is 286 g/mol. The van der Waals surface area contributed by atoms with Gasteiger partial charge < -0.3 is 10.1 Å². The highest BCUT2D eigenvalue weighted by Crippen LogP contribution is 2.17. The lowest BCUT2D eigenvalue weighted by Crippen LogP contribution is -2.21. The molecule has 0 heterocycles. The van der Waals surface area contributed by atoms with Gasteiger partial charge in [-0.1, -0.05) is 28.1 Å². The van der Waals surface area contributed by atoms with Gasteiger partial charge >= 0.3 is 5.97 Å². The molecule has 0 aliphatic heterocycles. The molecule has 0 radical (unpaired) electrons. The second-order valence-corrected chi connectivity index (χ2v) is 4.74. The first kappa shape index (κ1) is 13.7. The zero-order valence-corrected chi connectivity index (χ0v) is 11.3. The van der Waals surface area contributed by atoms with Crippen molar-refractivity contribution in [2.24, 2.45) is 0 Å². The largest absolute Gasteiger partial charge is 0.462 e. The van der Waals surface area contributed by atoms with Crippen molar-refractivity contribution in [3.05, 3.63) is 29.8 Å². The van der Waals surface area contributed by atoms with E-state index in [0.717, 1.165) is 0 Å². The smallest absolute Gasteiger partial charge is 0.340 e. The van der Waals surface area contributed by atoms with Gasteiger partial charge in [0.2, 0.25) is 5.91 Å². The number of rotatable bonds is 4. The van der Waals surface area contributed by atoms with Crippen LogP contribution < -0.4 is 5.32 Å². The number of nitrogens with one attached hydrogen (secondary N) is 1. The van der Waals surface area contributed by atoms with E-state index < -0.39 is 5.97 Å². The number of para-hydroxylation sites is 1. The van der Waals surface area contributed by atoms with Crippen LogP contribution in [0.4, 0.5) is 5.69 Å². The molecule has 1 amide bonds. The van der Waals surface area contributed by atoms with Gasteiger partial charge in [0, 0.05) is 0 Å². The van der Waals surface area contributed by atoms with Crippen molar-refractivity contribution in [2.45, 2.75) is 18.7 Å². The van der Waals surface area contributed by atoms with Gasteiger partial charge in [-0.25, -0.2) is 4.79 Å². The standard InChI is InChI=1S/C12H14BrNO3/c1-3-17-12(16)9-6-4-5-7-10(9)14-11(15)8(2)13/h4-8H,3H2,1-2H3,(H,14,15). The van der Waals surface area contributed by atoms with Crippen LogP contribution in [0.15, 0.2) is 24.3 Å². The highest BCUT2D eigenvalue weighted by Gasteiger charge is 2.15. The zero-order chi connectivity index (χ0) is 12.8. The highest BCUT2D eigenvalue weighted by atomic mass is 79.9. The third kappa shape index (κ3) is 3.85. The molecule has 1 rings (SSSR count). The van der Waals surface area contributed by atoms with Gasteiger partial charge in [-0.05, 0) is 26.0 Å². The summed E-state index contributed by atoms with van der Waals surface area (Å²) in [6.07, 6.45) is 0. The molecule has 0 fully saturated rings. The maximum atomic E-state index is 11.6. The van der Waals surface area contributed by atoms with Crippen LogP contribution >= 0.6 is 15.9 Å². The maximum absolute atomic E-state index is 11.6. The minimum Gasteiger partial charge on any atom is -0.462 e. The average molecular weight is 300 g/mol. The molecule has 0 bridgehead atoms. The van der Waals surface area contributed by atoms with E-state index in [9.17, 15) is 9.59 Å². The molecule has 0 aliphatic carbocycles. The van der Waals surface area contributed by atoms with Gasteiger partial charge in [-0.2, -0.15) is 0 Å². The first-order valence-corrected chi connectivity index (χ1v) is 6.19. The van der Waals surface area contributed by atoms with E-state index in [4.69, 9.17) is 4.74 Å². The average Bonchev–Trinajstić information content (AvgIpc) is 2.29. The summed E-state index contributed by atoms with van der Waals surface area (Å²) in [5.41, 5.74) is 0.818. The third-order valence-corrected chi connectivity index (χ3v) is 2.46. The number of halogens is 1. The van der Waals surface area contributed by atoms with Crippen LogP contribution in [-0.4, -0.2) is 23.3 Å². The van der Waals surface area contributed by atoms with E-state index in [1.54, 1.807) is 38.1 Å². The molecule has 0 aromatic heterocycles. The van der Waals surface area contributed by atoms with Crippen molar-refractivity contribution in [2.75, 3.05) is 11.9 Å². The number of anilines is 1. The van der Waals surface area contributed by atoms with E-state index >= 15 is 0 Å². The number of carbonyl (C=O) groups is 2. The second kappa shape index (κ2) is 6.39. The van der Waals surface area contributed by atoms with Crippen LogP contribution in [0.3, 0.4) is 0 Å². The SMILES string of the molecule is CCOC(=O)c1ccccc1NC(=O)C(C)Br. The summed E-state index contributed by atoms with van der Waals surface area (Å²) in [5, 5.41) is 2.66. The molecule has 17 heavy (non-hydrogen) atoms. The first-order valence-electron chi connectivity index (χ1n) is 5.27. The van der Waals surface area contributed by atoms with Gasteiger partial charge in [-0.3, -0.25) is 4.79 Å². The number of hydrogen-bond acceptors (Lipinski definition) is 3. The summed E-state index contributed by atoms with van der Waals surface area (Å²) in [6, 6.07) is 6.75. The monoisotopic (exact) mass is 299 g/mol. The molecule has 1 aromatic rings. The zero-order valence-electron chi connectivity index (χ0n) is 9.70. The summed E-state index contributed by atoms with van der Waals surface area (Å²) < 4.78 is 4.91. The number of esters is 1. The molecule has 1 aromatic carbocycles. The van der Waals surface area contributed by atoms with Crippen molar-refractivity contribution in [1.82, 2.24) is 0 Å². The van der Waals surface area contributed by atoms with Gasteiger partial charge in [0.05, 0.1) is 22.7 Å². The van der Waals surface area contributed by atoms with Crippen LogP contribution in [0.1, 0.15) is 24.2 Å². The van der Waals surface area contributed by atoms with Crippen LogP contribution in [0.25, 0.3) is 0 Å². The van der Waals surface area contributed by atoms with Gasteiger partial charge in [0.15, 0.2) is 0 Å². The Morgan fingerprint density at radius 2 is 2.06 bits per heavy atom. The number of ether oxygens (including phenoxy) is 1. The Labute approximate surface area is 108 Å². The van der Waals surface area contributed by atoms with Crippen LogP contribution in [-0.2, 0) is 9.53 Å². The van der Waals surface area contributed by atoms with Crippen LogP contribution in [0, 0.1) is 0 Å². The number of carbonyl (C=O) groups excluding carboxylic acids is 2. The lowest BCUT2D eigenvalue weighted by atomic mass is 10.1. The highest BCUT2D eigenvalue weighted by molar-refractivity contribution is 9.10. The van der Waals surface area contributed by atoms with Crippen molar-refractivity contribution in [3.63, 3.8) is 0 Å². The Morgan fingerprint density at radius 1 is 1.41 bits per heavy atom. The topological polar surface area (TPSA) is 55.4 Å². The summed E-state index contributed by atoms with van der Waals surface area (Å²) in [6.45, 7) is 3.75. The van der Waals surface area contributed by atoms with E-state index in [1.807, 2.05) is 0 Å². The Hall–Kier alpha value is -1.36. The van der Waals surface area contributed by atoms with Gasteiger partial charge in [-0.15, -0.1) is 0 Å². The number of amides is 1. The fourth-order valence-corrected chi connectivity index (χ4v) is 1.33. The van der Waals surface area contributed by atoms with Crippen molar-refractivity contribution in [3.8, 4) is 0 Å². The fourth-order valence-electron chi connectivity index (χ4n) is 1.21. The van der Waals surface area contributed by atoms with Gasteiger partial charge in [0.1, 0.15) is 0 Å². The van der Waals surface area contributed by atoms with Crippen molar-refractivity contribution in [1.29, 1.82) is 0 Å². The molecule has 92 valence electrons. The molecule has 1 unspecified atom stereocenters. The minimum absolute atomic E-state index is 0.207. The molecule has 0 saturated carbocycles. The van der Waals surface area contributed by atoms with E-state index in [2.05, 4.69) is 21.2 Å². The molecular formula is C12H14BrNO3. The lowest BCUT2D eigenvalue weighted by molar-refractivity contribution is -0.115. The molecule has 0 spiro atoms. The van der Waals surface area contributed by atoms with E-state index in [-0.39, 0.29) is 10.7 Å². The van der Waals surface area contributed by atoms with Crippen LogP contribution in [0.5, 0.6) is 0 Å². The quantitative estimate of drug-likeness (QED) is 0.687. The predicted octanol–water partition coefficient (Wildman–Crippen LogP) is 2.59. The van der Waals surface area contributed by atoms with Crippen LogP contribution in [0.2, 0.25) is 0 Å². The second-order valence-electron chi connectivity index (χ2n) is 3.37. The molecule has 4 nitrogen and oxygen atoms in total. The molecule has 1 N–H and O–H groups in total. The third-order valence-electron chi connectivity index (χ3n) is 2.04. The normalized spacial score (nSPS) is 11.7. The number of benzene rings is 1. The number of alkyl halides is 1.